The molecular formula is C14H8BrF3O. The van der Waals surface area contributed by atoms with Gasteiger partial charge in [-0.15, -0.1) is 0 Å². The summed E-state index contributed by atoms with van der Waals surface area (Å²) < 4.78 is 39.1. The molecule has 0 amide bonds. The normalized spacial score (nSPS) is 10.5. The minimum Gasteiger partial charge on any atom is -0.294 e. The van der Waals surface area contributed by atoms with Gasteiger partial charge in [0.05, 0.1) is 4.47 Å². The molecule has 5 heteroatoms. The molecule has 0 fully saturated rings. The molecule has 0 radical (unpaired) electrons. The van der Waals surface area contributed by atoms with Gasteiger partial charge in [0.25, 0.3) is 0 Å². The Morgan fingerprint density at radius 1 is 1.00 bits per heavy atom. The Morgan fingerprint density at radius 2 is 1.74 bits per heavy atom. The molecule has 2 aromatic carbocycles. The van der Waals surface area contributed by atoms with E-state index in [-0.39, 0.29) is 22.2 Å². The first-order chi connectivity index (χ1) is 8.99. The summed E-state index contributed by atoms with van der Waals surface area (Å²) in [7, 11) is 0. The zero-order valence-electron chi connectivity index (χ0n) is 9.59. The van der Waals surface area contributed by atoms with Crippen LogP contribution in [0.25, 0.3) is 0 Å². The summed E-state index contributed by atoms with van der Waals surface area (Å²) >= 11 is 2.99. The zero-order valence-corrected chi connectivity index (χ0v) is 11.2. The van der Waals surface area contributed by atoms with Gasteiger partial charge in [-0.1, -0.05) is 18.2 Å². The minimum atomic E-state index is -1.01. The predicted octanol–water partition coefficient (Wildman–Crippen LogP) is 4.29. The van der Waals surface area contributed by atoms with Gasteiger partial charge < -0.3 is 0 Å². The lowest BCUT2D eigenvalue weighted by Crippen LogP contribution is -2.06. The predicted molar refractivity (Wildman–Crippen MR) is 68.5 cm³/mol. The first kappa shape index (κ1) is 13.8. The van der Waals surface area contributed by atoms with E-state index in [1.54, 1.807) is 0 Å². The van der Waals surface area contributed by atoms with Crippen molar-refractivity contribution in [3.8, 4) is 0 Å². The van der Waals surface area contributed by atoms with Crippen LogP contribution >= 0.6 is 15.9 Å². The van der Waals surface area contributed by atoms with Crippen molar-refractivity contribution in [1.82, 2.24) is 0 Å². The second kappa shape index (κ2) is 5.57. The van der Waals surface area contributed by atoms with Gasteiger partial charge in [0.2, 0.25) is 0 Å². The molecule has 19 heavy (non-hydrogen) atoms. The van der Waals surface area contributed by atoms with E-state index in [9.17, 15) is 18.0 Å². The van der Waals surface area contributed by atoms with Crippen molar-refractivity contribution in [3.63, 3.8) is 0 Å². The van der Waals surface area contributed by atoms with Crippen molar-refractivity contribution in [3.05, 3.63) is 69.4 Å². The molecule has 98 valence electrons. The molecule has 0 saturated carbocycles. The number of carbonyl (C=O) groups is 1. The van der Waals surface area contributed by atoms with Crippen molar-refractivity contribution in [2.24, 2.45) is 0 Å². The highest BCUT2D eigenvalue weighted by Crippen LogP contribution is 2.22. The summed E-state index contributed by atoms with van der Waals surface area (Å²) in [6, 6.07) is 7.34. The Hall–Kier alpha value is -1.62. The zero-order chi connectivity index (χ0) is 14.0. The van der Waals surface area contributed by atoms with Crippen molar-refractivity contribution in [1.29, 1.82) is 0 Å². The van der Waals surface area contributed by atoms with E-state index in [1.165, 1.54) is 24.3 Å². The number of halogens is 4. The van der Waals surface area contributed by atoms with E-state index in [4.69, 9.17) is 0 Å². The molecule has 0 N–H and O–H groups in total. The van der Waals surface area contributed by atoms with Crippen LogP contribution in [0.5, 0.6) is 0 Å². The van der Waals surface area contributed by atoms with E-state index < -0.39 is 17.5 Å². The molecule has 0 aliphatic heterocycles. The number of Topliss-reactive ketones (excluding diaryl/α,β-unsaturated/α-hetero) is 1. The minimum absolute atomic E-state index is 0.0718. The maximum Gasteiger partial charge on any atom is 0.168 e. The Kier molecular flexibility index (Phi) is 4.04. The number of hydrogen-bond acceptors (Lipinski definition) is 1. The summed E-state index contributed by atoms with van der Waals surface area (Å²) in [5.74, 6) is -2.90. The molecule has 0 aromatic heterocycles. The molecule has 0 bridgehead atoms. The third-order valence-electron chi connectivity index (χ3n) is 2.60. The van der Waals surface area contributed by atoms with Gasteiger partial charge >= 0.3 is 0 Å². The summed E-state index contributed by atoms with van der Waals surface area (Å²) in [6.45, 7) is 0. The third-order valence-corrected chi connectivity index (χ3v) is 3.41. The maximum atomic E-state index is 13.3. The van der Waals surface area contributed by atoms with Crippen molar-refractivity contribution < 1.29 is 18.0 Å². The lowest BCUT2D eigenvalue weighted by atomic mass is 10.0. The van der Waals surface area contributed by atoms with Gasteiger partial charge in [0.1, 0.15) is 5.82 Å². The number of carbonyl (C=O) groups excluding carboxylic acids is 1. The highest BCUT2D eigenvalue weighted by Gasteiger charge is 2.14. The van der Waals surface area contributed by atoms with Gasteiger partial charge in [0, 0.05) is 12.0 Å². The van der Waals surface area contributed by atoms with Crippen LogP contribution in [0.4, 0.5) is 13.2 Å². The van der Waals surface area contributed by atoms with E-state index in [1.807, 2.05) is 0 Å². The van der Waals surface area contributed by atoms with Crippen molar-refractivity contribution >= 4 is 21.7 Å². The fourth-order valence-corrected chi connectivity index (χ4v) is 2.13. The van der Waals surface area contributed by atoms with Gasteiger partial charge in [0.15, 0.2) is 17.4 Å². The fraction of sp³-hybridized carbons (Fsp3) is 0.0714. The maximum absolute atomic E-state index is 13.3. The average Bonchev–Trinajstić information content (AvgIpc) is 2.37. The van der Waals surface area contributed by atoms with E-state index in [2.05, 4.69) is 15.9 Å². The molecule has 0 heterocycles. The Morgan fingerprint density at radius 3 is 2.42 bits per heavy atom. The number of rotatable bonds is 3. The Balaban J connectivity index is 2.26. The molecule has 0 spiro atoms. The highest BCUT2D eigenvalue weighted by atomic mass is 79.9. The lowest BCUT2D eigenvalue weighted by Gasteiger charge is -2.05. The smallest absolute Gasteiger partial charge is 0.168 e. The van der Waals surface area contributed by atoms with Gasteiger partial charge in [-0.05, 0) is 39.7 Å². The van der Waals surface area contributed by atoms with Gasteiger partial charge in [-0.2, -0.15) is 0 Å². The molecule has 2 rings (SSSR count). The summed E-state index contributed by atoms with van der Waals surface area (Å²) in [5.41, 5.74) is 0.504. The molecule has 2 aromatic rings. The molecule has 0 aliphatic carbocycles. The molecule has 0 aliphatic rings. The molecule has 0 unspecified atom stereocenters. The standard InChI is InChI=1S/C14H8BrF3O/c15-14-9(2-1-3-11(14)17)13(19)7-8-4-5-10(16)12(18)6-8/h1-6H,7H2. The topological polar surface area (TPSA) is 17.1 Å². The molecule has 1 nitrogen and oxygen atoms in total. The van der Waals surface area contributed by atoms with E-state index >= 15 is 0 Å². The number of benzene rings is 2. The Labute approximate surface area is 116 Å². The number of ketones is 1. The summed E-state index contributed by atoms with van der Waals surface area (Å²) in [5, 5.41) is 0. The van der Waals surface area contributed by atoms with Crippen LogP contribution in [-0.2, 0) is 6.42 Å². The van der Waals surface area contributed by atoms with Crippen molar-refractivity contribution in [2.45, 2.75) is 6.42 Å². The highest BCUT2D eigenvalue weighted by molar-refractivity contribution is 9.10. The lowest BCUT2D eigenvalue weighted by molar-refractivity contribution is 0.0991. The Bertz CT molecular complexity index is 641. The van der Waals surface area contributed by atoms with Crippen molar-refractivity contribution in [2.75, 3.05) is 0 Å². The van der Waals surface area contributed by atoms with Crippen LogP contribution in [0.3, 0.4) is 0 Å². The van der Waals surface area contributed by atoms with E-state index in [0.29, 0.717) is 5.56 Å². The molecule has 0 saturated heterocycles. The first-order valence-corrected chi connectivity index (χ1v) is 6.19. The van der Waals surface area contributed by atoms with Crippen LogP contribution < -0.4 is 0 Å². The quantitative estimate of drug-likeness (QED) is 0.768. The average molecular weight is 329 g/mol. The first-order valence-electron chi connectivity index (χ1n) is 5.40. The molecule has 0 atom stereocenters. The summed E-state index contributed by atoms with van der Waals surface area (Å²) in [4.78, 5) is 12.0. The van der Waals surface area contributed by atoms with E-state index in [0.717, 1.165) is 12.1 Å². The SMILES string of the molecule is O=C(Cc1ccc(F)c(F)c1)c1cccc(F)c1Br. The third kappa shape index (κ3) is 3.04. The van der Waals surface area contributed by atoms with Crippen LogP contribution in [0.1, 0.15) is 15.9 Å². The monoisotopic (exact) mass is 328 g/mol. The van der Waals surface area contributed by atoms with Gasteiger partial charge in [-0.25, -0.2) is 13.2 Å². The second-order valence-electron chi connectivity index (χ2n) is 3.95. The van der Waals surface area contributed by atoms with Crippen LogP contribution in [0, 0.1) is 17.5 Å². The van der Waals surface area contributed by atoms with Crippen LogP contribution in [0.2, 0.25) is 0 Å². The summed E-state index contributed by atoms with van der Waals surface area (Å²) in [6.07, 6.45) is -0.126. The largest absolute Gasteiger partial charge is 0.294 e. The molecular weight excluding hydrogens is 321 g/mol. The van der Waals surface area contributed by atoms with Crippen LogP contribution in [0.15, 0.2) is 40.9 Å². The van der Waals surface area contributed by atoms with Crippen LogP contribution in [-0.4, -0.2) is 5.78 Å². The fourth-order valence-electron chi connectivity index (χ4n) is 1.65. The number of hydrogen-bond donors (Lipinski definition) is 0. The van der Waals surface area contributed by atoms with Gasteiger partial charge in [-0.3, -0.25) is 4.79 Å². The second-order valence-corrected chi connectivity index (χ2v) is 4.74.